The van der Waals surface area contributed by atoms with Crippen molar-refractivity contribution in [1.82, 2.24) is 15.1 Å². The van der Waals surface area contributed by atoms with Crippen molar-refractivity contribution in [3.63, 3.8) is 0 Å². The molecule has 0 spiro atoms. The van der Waals surface area contributed by atoms with Crippen molar-refractivity contribution in [2.24, 2.45) is 17.3 Å². The van der Waals surface area contributed by atoms with Crippen LogP contribution in [0, 0.1) is 17.3 Å². The summed E-state index contributed by atoms with van der Waals surface area (Å²) in [7, 11) is 8.34. The summed E-state index contributed by atoms with van der Waals surface area (Å²) in [4.78, 5) is 16.8. The third-order valence-electron chi connectivity index (χ3n) is 10.3. The summed E-state index contributed by atoms with van der Waals surface area (Å²) in [5.41, 5.74) is 3.48. The number of hydrogen-bond donors (Lipinski definition) is 1. The predicted molar refractivity (Wildman–Crippen MR) is 145 cm³/mol. The van der Waals surface area contributed by atoms with Gasteiger partial charge >= 0.3 is 6.09 Å². The summed E-state index contributed by atoms with van der Waals surface area (Å²) < 4.78 is 16.7. The molecule has 3 fully saturated rings. The van der Waals surface area contributed by atoms with Gasteiger partial charge in [-0.15, -0.1) is 0 Å². The summed E-state index contributed by atoms with van der Waals surface area (Å²) >= 11 is 0. The lowest BCUT2D eigenvalue weighted by atomic mass is 9.55. The zero-order valence-corrected chi connectivity index (χ0v) is 23.5. The molecule has 1 N–H and O–H groups in total. The molecule has 1 aromatic rings. The molecule has 7 nitrogen and oxygen atoms in total. The van der Waals surface area contributed by atoms with E-state index in [0.29, 0.717) is 24.5 Å². The molecular formula is C30H47N3O4. The average molecular weight is 514 g/mol. The molecule has 7 unspecified atom stereocenters. The van der Waals surface area contributed by atoms with E-state index >= 15 is 0 Å². The Labute approximate surface area is 223 Å². The zero-order valence-electron chi connectivity index (χ0n) is 23.5. The van der Waals surface area contributed by atoms with Crippen LogP contribution in [0.15, 0.2) is 18.2 Å². The van der Waals surface area contributed by atoms with E-state index < -0.39 is 0 Å². The number of nitrogens with one attached hydrogen (secondary N) is 1. The maximum absolute atomic E-state index is 12.1. The minimum atomic E-state index is -0.387. The van der Waals surface area contributed by atoms with Crippen LogP contribution < -0.4 is 10.1 Å². The van der Waals surface area contributed by atoms with Crippen LogP contribution in [-0.2, 0) is 15.9 Å². The molecule has 1 saturated heterocycles. The summed E-state index contributed by atoms with van der Waals surface area (Å²) in [6.07, 6.45) is 8.59. The first kappa shape index (κ1) is 26.8. The summed E-state index contributed by atoms with van der Waals surface area (Å²) in [5.74, 6) is 3.25. The van der Waals surface area contributed by atoms with Gasteiger partial charge in [0, 0.05) is 32.3 Å². The van der Waals surface area contributed by atoms with Crippen LogP contribution in [0.1, 0.15) is 62.5 Å². The Morgan fingerprint density at radius 2 is 2.03 bits per heavy atom. The Morgan fingerprint density at radius 1 is 1.19 bits per heavy atom. The number of fused-ring (bicyclic) bond motifs is 5. The van der Waals surface area contributed by atoms with E-state index in [9.17, 15) is 4.79 Å². The molecule has 1 aromatic carbocycles. The third-order valence-corrected chi connectivity index (χ3v) is 10.3. The smallest absolute Gasteiger partial charge is 0.407 e. The van der Waals surface area contributed by atoms with E-state index in [1.54, 1.807) is 12.7 Å². The number of amides is 1. The van der Waals surface area contributed by atoms with Crippen LogP contribution in [0.2, 0.25) is 0 Å². The maximum Gasteiger partial charge on any atom is 0.407 e. The van der Waals surface area contributed by atoms with Gasteiger partial charge in [0.2, 0.25) is 0 Å². The van der Waals surface area contributed by atoms with Crippen molar-refractivity contribution in [2.45, 2.75) is 76.0 Å². The molecule has 0 radical (unpaired) electrons. The molecule has 1 aliphatic heterocycles. The number of benzene rings is 1. The van der Waals surface area contributed by atoms with Gasteiger partial charge in [-0.3, -0.25) is 4.90 Å². The molecule has 3 aliphatic carbocycles. The number of hydrogen-bond acceptors (Lipinski definition) is 6. The fraction of sp³-hybridized carbons (Fsp3) is 0.767. The van der Waals surface area contributed by atoms with Crippen molar-refractivity contribution >= 4 is 6.09 Å². The zero-order chi connectivity index (χ0) is 26.2. The number of aryl methyl sites for hydroxylation is 1. The Bertz CT molecular complexity index is 955. The second kappa shape index (κ2) is 11.1. The van der Waals surface area contributed by atoms with Gasteiger partial charge in [0.25, 0.3) is 0 Å². The molecule has 7 atom stereocenters. The van der Waals surface area contributed by atoms with Gasteiger partial charge in [-0.1, -0.05) is 13.0 Å². The van der Waals surface area contributed by atoms with E-state index in [2.05, 4.69) is 61.4 Å². The molecule has 5 rings (SSSR count). The summed E-state index contributed by atoms with van der Waals surface area (Å²) in [5, 5.41) is 2.88. The van der Waals surface area contributed by atoms with Gasteiger partial charge in [0.15, 0.2) is 0 Å². The average Bonchev–Trinajstić information content (AvgIpc) is 3.44. The Balaban J connectivity index is 1.08. The molecule has 0 aromatic heterocycles. The van der Waals surface area contributed by atoms with E-state index in [0.717, 1.165) is 43.0 Å². The fourth-order valence-electron chi connectivity index (χ4n) is 8.45. The van der Waals surface area contributed by atoms with Crippen molar-refractivity contribution in [1.29, 1.82) is 0 Å². The van der Waals surface area contributed by atoms with Crippen LogP contribution in [0.4, 0.5) is 4.79 Å². The highest BCUT2D eigenvalue weighted by atomic mass is 16.6. The van der Waals surface area contributed by atoms with Crippen molar-refractivity contribution in [2.75, 3.05) is 54.6 Å². The predicted octanol–water partition coefficient (Wildman–Crippen LogP) is 4.30. The van der Waals surface area contributed by atoms with Crippen molar-refractivity contribution < 1.29 is 19.0 Å². The molecule has 1 heterocycles. The van der Waals surface area contributed by atoms with Crippen LogP contribution >= 0.6 is 0 Å². The second-order valence-corrected chi connectivity index (χ2v) is 12.4. The number of likely N-dealkylation sites (N-methyl/N-ethyl adjacent to an activating group) is 1. The first-order valence-electron chi connectivity index (χ1n) is 14.4. The van der Waals surface area contributed by atoms with E-state index in [-0.39, 0.29) is 24.8 Å². The van der Waals surface area contributed by atoms with Crippen molar-refractivity contribution in [3.05, 3.63) is 29.3 Å². The molecule has 4 aliphatic rings. The number of nitrogens with zero attached hydrogens (tertiary/aromatic N) is 2. The van der Waals surface area contributed by atoms with E-state index in [1.165, 1.54) is 37.7 Å². The first-order chi connectivity index (χ1) is 17.8. The number of alkyl carbamates (subject to hydrolysis) is 1. The SMILES string of the molecule is COC1CC(CNC(=O)OCCOc2ccc3c(c2)CCC2C3CCC3(C)C2CCC3N(C)C)N(C)C1. The number of methoxy groups -OCH3 is 1. The lowest BCUT2D eigenvalue weighted by Gasteiger charge is -2.52. The highest BCUT2D eigenvalue weighted by Crippen LogP contribution is 2.61. The fourth-order valence-corrected chi connectivity index (χ4v) is 8.45. The van der Waals surface area contributed by atoms with Gasteiger partial charge in [0.05, 0.1) is 6.10 Å². The second-order valence-electron chi connectivity index (χ2n) is 12.4. The standard InChI is InChI=1S/C30H47N3O4/c1-30-13-12-25-24-9-7-22(16-20(24)6-8-26(25)27(30)10-11-28(30)32(2)3)36-14-15-37-29(34)31-18-21-17-23(35-5)19-33(21)4/h7,9,16,21,23,25-28H,6,8,10-15,17-19H2,1-5H3,(H,31,34). The molecule has 2 saturated carbocycles. The molecular weight excluding hydrogens is 466 g/mol. The van der Waals surface area contributed by atoms with Crippen LogP contribution in [0.5, 0.6) is 5.75 Å². The number of rotatable bonds is 8. The van der Waals surface area contributed by atoms with Crippen LogP contribution in [0.3, 0.4) is 0 Å². The summed E-state index contributed by atoms with van der Waals surface area (Å²) in [6.45, 7) is 4.63. The van der Waals surface area contributed by atoms with Crippen molar-refractivity contribution in [3.8, 4) is 5.75 Å². The number of carbonyl (C=O) groups excluding carboxylic acids is 1. The highest BCUT2D eigenvalue weighted by Gasteiger charge is 2.55. The largest absolute Gasteiger partial charge is 0.490 e. The molecule has 0 bridgehead atoms. The number of carbonyl (C=O) groups is 1. The van der Waals surface area contributed by atoms with E-state index in [1.807, 2.05) is 0 Å². The van der Waals surface area contributed by atoms with Gasteiger partial charge < -0.3 is 24.4 Å². The van der Waals surface area contributed by atoms with Gasteiger partial charge in [-0.05, 0) is 113 Å². The topological polar surface area (TPSA) is 63.3 Å². The lowest BCUT2D eigenvalue weighted by Crippen LogP contribution is -2.48. The minimum absolute atomic E-state index is 0.236. The number of likely N-dealkylation sites (tertiary alicyclic amines) is 1. The van der Waals surface area contributed by atoms with Crippen LogP contribution in [0.25, 0.3) is 0 Å². The molecule has 37 heavy (non-hydrogen) atoms. The molecule has 206 valence electrons. The molecule has 7 heteroatoms. The number of ether oxygens (including phenoxy) is 3. The van der Waals surface area contributed by atoms with Gasteiger partial charge in [-0.2, -0.15) is 0 Å². The Kier molecular flexibility index (Phi) is 8.04. The normalized spacial score (nSPS) is 35.1. The van der Waals surface area contributed by atoms with E-state index in [4.69, 9.17) is 14.2 Å². The lowest BCUT2D eigenvalue weighted by molar-refractivity contribution is 0.0145. The Morgan fingerprint density at radius 3 is 2.78 bits per heavy atom. The monoisotopic (exact) mass is 513 g/mol. The minimum Gasteiger partial charge on any atom is -0.490 e. The quantitative estimate of drug-likeness (QED) is 0.523. The van der Waals surface area contributed by atoms with Gasteiger partial charge in [0.1, 0.15) is 19.0 Å². The van der Waals surface area contributed by atoms with Crippen LogP contribution in [-0.4, -0.2) is 88.6 Å². The first-order valence-corrected chi connectivity index (χ1v) is 14.4. The summed E-state index contributed by atoms with van der Waals surface area (Å²) in [6, 6.07) is 7.69. The Hall–Kier alpha value is -1.83. The van der Waals surface area contributed by atoms with Gasteiger partial charge in [-0.25, -0.2) is 4.79 Å². The highest BCUT2D eigenvalue weighted by molar-refractivity contribution is 5.67. The maximum atomic E-state index is 12.1. The third kappa shape index (κ3) is 5.37. The molecule has 1 amide bonds.